The number of carbonyl (C=O) groups is 1. The fraction of sp³-hybridized carbons (Fsp3) is 0.500. The van der Waals surface area contributed by atoms with E-state index in [0.717, 1.165) is 41.7 Å². The van der Waals surface area contributed by atoms with Crippen LogP contribution in [0.25, 0.3) is 0 Å². The van der Waals surface area contributed by atoms with E-state index in [1.807, 2.05) is 35.0 Å². The number of rotatable bonds is 5. The van der Waals surface area contributed by atoms with Gasteiger partial charge >= 0.3 is 0 Å². The molecule has 0 aromatic carbocycles. The Balaban J connectivity index is 1.43. The zero-order chi connectivity index (χ0) is 18.8. The van der Waals surface area contributed by atoms with Crippen LogP contribution in [0, 0.1) is 6.92 Å². The van der Waals surface area contributed by atoms with E-state index in [1.165, 1.54) is 0 Å². The molecule has 0 spiro atoms. The van der Waals surface area contributed by atoms with Gasteiger partial charge in [0.05, 0.1) is 30.0 Å². The van der Waals surface area contributed by atoms with Crippen molar-refractivity contribution in [1.82, 2.24) is 34.2 Å². The van der Waals surface area contributed by atoms with Crippen molar-refractivity contribution in [3.8, 4) is 0 Å². The minimum Gasteiger partial charge on any atom is -0.342 e. The van der Waals surface area contributed by atoms with E-state index in [4.69, 9.17) is 0 Å². The van der Waals surface area contributed by atoms with Crippen molar-refractivity contribution in [3.05, 3.63) is 46.5 Å². The van der Waals surface area contributed by atoms with Gasteiger partial charge in [0.25, 0.3) is 0 Å². The van der Waals surface area contributed by atoms with Gasteiger partial charge in [0.2, 0.25) is 5.91 Å². The number of imidazole rings is 1. The lowest BCUT2D eigenvalue weighted by Crippen LogP contribution is -2.40. The Kier molecular flexibility index (Phi) is 5.02. The van der Waals surface area contributed by atoms with E-state index in [0.29, 0.717) is 19.5 Å². The first-order valence-corrected chi connectivity index (χ1v) is 10.0. The number of nitrogens with zero attached hydrogens (tertiary/aromatic N) is 7. The lowest BCUT2D eigenvalue weighted by molar-refractivity contribution is -0.131. The second-order valence-electron chi connectivity index (χ2n) is 6.98. The lowest BCUT2D eigenvalue weighted by atomic mass is 9.96. The number of aromatic nitrogens is 6. The molecule has 1 aliphatic heterocycles. The van der Waals surface area contributed by atoms with Gasteiger partial charge in [0, 0.05) is 43.8 Å². The maximum Gasteiger partial charge on any atom is 0.228 e. The number of likely N-dealkylation sites (tertiary alicyclic amines) is 1. The van der Waals surface area contributed by atoms with E-state index in [2.05, 4.69) is 24.7 Å². The summed E-state index contributed by atoms with van der Waals surface area (Å²) >= 11 is 1.59. The summed E-state index contributed by atoms with van der Waals surface area (Å²) in [6.45, 7) is 4.10. The summed E-state index contributed by atoms with van der Waals surface area (Å²) in [5.41, 5.74) is 0.867. The molecule has 3 aromatic heterocycles. The molecule has 4 rings (SSSR count). The summed E-state index contributed by atoms with van der Waals surface area (Å²) in [4.78, 5) is 23.1. The fourth-order valence-electron chi connectivity index (χ4n) is 3.58. The highest BCUT2D eigenvalue weighted by Crippen LogP contribution is 2.26. The van der Waals surface area contributed by atoms with Crippen molar-refractivity contribution in [1.29, 1.82) is 0 Å². The number of thiazole rings is 1. The first-order chi connectivity index (χ1) is 13.1. The van der Waals surface area contributed by atoms with Crippen LogP contribution in [0.1, 0.15) is 41.1 Å². The molecule has 142 valence electrons. The number of carbonyl (C=O) groups excluding carboxylic acids is 1. The van der Waals surface area contributed by atoms with Gasteiger partial charge in [-0.3, -0.25) is 4.79 Å². The Bertz CT molecular complexity index is 914. The SMILES string of the molecule is Cc1nc(CC(=O)N2CCC[C@@H](c3nnc(Cn4ccnc4)n3C)C2)cs1. The highest BCUT2D eigenvalue weighted by atomic mass is 32.1. The van der Waals surface area contributed by atoms with Crippen LogP contribution in [0.2, 0.25) is 0 Å². The quantitative estimate of drug-likeness (QED) is 0.669. The number of hydrogen-bond donors (Lipinski definition) is 0. The van der Waals surface area contributed by atoms with Gasteiger partial charge < -0.3 is 14.0 Å². The van der Waals surface area contributed by atoms with Crippen molar-refractivity contribution in [2.75, 3.05) is 13.1 Å². The van der Waals surface area contributed by atoms with Crippen molar-refractivity contribution in [2.45, 2.75) is 38.6 Å². The fourth-order valence-corrected chi connectivity index (χ4v) is 4.20. The monoisotopic (exact) mass is 385 g/mol. The van der Waals surface area contributed by atoms with Crippen LogP contribution in [-0.2, 0) is 24.8 Å². The molecule has 0 bridgehead atoms. The minimum atomic E-state index is 0.144. The molecule has 0 N–H and O–H groups in total. The Morgan fingerprint density at radius 2 is 2.26 bits per heavy atom. The van der Waals surface area contributed by atoms with Crippen LogP contribution in [-0.4, -0.2) is 53.2 Å². The molecular weight excluding hydrogens is 362 g/mol. The Morgan fingerprint density at radius 1 is 1.37 bits per heavy atom. The van der Waals surface area contributed by atoms with Crippen LogP contribution in [0.4, 0.5) is 0 Å². The van der Waals surface area contributed by atoms with Crippen LogP contribution in [0.3, 0.4) is 0 Å². The molecule has 1 saturated heterocycles. The molecule has 8 nitrogen and oxygen atoms in total. The molecule has 0 radical (unpaired) electrons. The molecular formula is C18H23N7OS. The molecule has 1 fully saturated rings. The molecule has 0 saturated carbocycles. The maximum absolute atomic E-state index is 12.7. The van der Waals surface area contributed by atoms with Crippen molar-refractivity contribution in [2.24, 2.45) is 7.05 Å². The van der Waals surface area contributed by atoms with Gasteiger partial charge in [-0.05, 0) is 19.8 Å². The normalized spacial score (nSPS) is 17.4. The third kappa shape index (κ3) is 3.92. The minimum absolute atomic E-state index is 0.144. The summed E-state index contributed by atoms with van der Waals surface area (Å²) < 4.78 is 4.03. The van der Waals surface area contributed by atoms with Crippen LogP contribution in [0.5, 0.6) is 0 Å². The van der Waals surface area contributed by atoms with Crippen molar-refractivity contribution < 1.29 is 4.79 Å². The molecule has 27 heavy (non-hydrogen) atoms. The molecule has 9 heteroatoms. The molecule has 1 amide bonds. The van der Waals surface area contributed by atoms with Gasteiger partial charge in [-0.1, -0.05) is 0 Å². The molecule has 3 aromatic rings. The third-order valence-corrected chi connectivity index (χ3v) is 5.84. The van der Waals surface area contributed by atoms with E-state index in [-0.39, 0.29) is 11.8 Å². The standard InChI is InChI=1S/C18H23N7OS/c1-13-20-15(11-27-13)8-17(26)25-6-3-4-14(9-25)18-22-21-16(23(18)2)10-24-7-5-19-12-24/h5,7,11-12,14H,3-4,6,8-10H2,1-2H3/t14-/m1/s1. The van der Waals surface area contributed by atoms with E-state index in [9.17, 15) is 4.79 Å². The van der Waals surface area contributed by atoms with Crippen LogP contribution in [0.15, 0.2) is 24.1 Å². The maximum atomic E-state index is 12.7. The topological polar surface area (TPSA) is 81.7 Å². The molecule has 1 aliphatic rings. The summed E-state index contributed by atoms with van der Waals surface area (Å²) in [5, 5.41) is 11.8. The Labute approximate surface area is 161 Å². The molecule has 0 unspecified atom stereocenters. The van der Waals surface area contributed by atoms with Crippen molar-refractivity contribution >= 4 is 17.2 Å². The zero-order valence-corrected chi connectivity index (χ0v) is 16.4. The first kappa shape index (κ1) is 17.8. The molecule has 1 atom stereocenters. The number of aryl methyl sites for hydroxylation is 1. The van der Waals surface area contributed by atoms with E-state index < -0.39 is 0 Å². The Hall–Kier alpha value is -2.55. The van der Waals surface area contributed by atoms with Gasteiger partial charge in [0.1, 0.15) is 5.82 Å². The summed E-state index contributed by atoms with van der Waals surface area (Å²) in [7, 11) is 2.00. The zero-order valence-electron chi connectivity index (χ0n) is 15.6. The lowest BCUT2D eigenvalue weighted by Gasteiger charge is -2.32. The molecule has 4 heterocycles. The number of amides is 1. The predicted molar refractivity (Wildman–Crippen MR) is 101 cm³/mol. The second kappa shape index (κ2) is 7.59. The molecule has 0 aliphatic carbocycles. The second-order valence-corrected chi connectivity index (χ2v) is 8.04. The number of piperidine rings is 1. The largest absolute Gasteiger partial charge is 0.342 e. The Morgan fingerprint density at radius 3 is 3.00 bits per heavy atom. The smallest absolute Gasteiger partial charge is 0.228 e. The first-order valence-electron chi connectivity index (χ1n) is 9.13. The summed E-state index contributed by atoms with van der Waals surface area (Å²) in [6.07, 6.45) is 7.82. The van der Waals surface area contributed by atoms with Gasteiger partial charge in [-0.15, -0.1) is 21.5 Å². The predicted octanol–water partition coefficient (Wildman–Crippen LogP) is 1.77. The van der Waals surface area contributed by atoms with Crippen LogP contribution >= 0.6 is 11.3 Å². The average Bonchev–Trinajstić information content (AvgIpc) is 3.39. The average molecular weight is 385 g/mol. The third-order valence-electron chi connectivity index (χ3n) is 5.02. The van der Waals surface area contributed by atoms with Gasteiger partial charge in [-0.25, -0.2) is 9.97 Å². The number of hydrogen-bond acceptors (Lipinski definition) is 6. The van der Waals surface area contributed by atoms with Gasteiger partial charge in [-0.2, -0.15) is 0 Å². The van der Waals surface area contributed by atoms with E-state index in [1.54, 1.807) is 23.9 Å². The van der Waals surface area contributed by atoms with Crippen molar-refractivity contribution in [3.63, 3.8) is 0 Å². The summed E-state index contributed by atoms with van der Waals surface area (Å²) in [5.74, 6) is 2.20. The highest BCUT2D eigenvalue weighted by Gasteiger charge is 2.28. The highest BCUT2D eigenvalue weighted by molar-refractivity contribution is 7.09. The van der Waals surface area contributed by atoms with Crippen LogP contribution < -0.4 is 0 Å². The van der Waals surface area contributed by atoms with E-state index >= 15 is 0 Å². The summed E-state index contributed by atoms with van der Waals surface area (Å²) in [6, 6.07) is 0. The van der Waals surface area contributed by atoms with Gasteiger partial charge in [0.15, 0.2) is 5.82 Å².